The summed E-state index contributed by atoms with van der Waals surface area (Å²) < 4.78 is 5.18. The van der Waals surface area contributed by atoms with Gasteiger partial charge < -0.3 is 10.5 Å². The Balaban J connectivity index is 2.39. The smallest absolute Gasteiger partial charge is 0.140 e. The van der Waals surface area contributed by atoms with Gasteiger partial charge in [-0.05, 0) is 25.0 Å². The van der Waals surface area contributed by atoms with Crippen molar-refractivity contribution in [2.24, 2.45) is 0 Å². The lowest BCUT2D eigenvalue weighted by atomic mass is 10.2. The second-order valence-corrected chi connectivity index (χ2v) is 3.10. The van der Waals surface area contributed by atoms with Gasteiger partial charge in [0.05, 0.1) is 12.8 Å². The normalized spacial score (nSPS) is 16.1. The molecule has 0 aromatic carbocycles. The highest BCUT2D eigenvalue weighted by Crippen LogP contribution is 2.43. The van der Waals surface area contributed by atoms with Gasteiger partial charge in [-0.1, -0.05) is 0 Å². The molecule has 1 aromatic heterocycles. The van der Waals surface area contributed by atoms with E-state index in [0.717, 1.165) is 11.4 Å². The largest absolute Gasteiger partial charge is 0.495 e. The fraction of sp³-hybridized carbons (Fsp3) is 0.444. The molecule has 1 saturated carbocycles. The number of nitrogens with two attached hydrogens (primary N) is 1. The van der Waals surface area contributed by atoms with Crippen LogP contribution in [0.3, 0.4) is 0 Å². The summed E-state index contributed by atoms with van der Waals surface area (Å²) in [7, 11) is 1.67. The maximum Gasteiger partial charge on any atom is 0.140 e. The summed E-state index contributed by atoms with van der Waals surface area (Å²) in [6.45, 7) is 0. The number of hydrogen-bond donors (Lipinski definition) is 1. The number of methoxy groups -OCH3 is 1. The van der Waals surface area contributed by atoms with Crippen molar-refractivity contribution in [3.05, 3.63) is 17.8 Å². The molecule has 0 unspecified atom stereocenters. The first kappa shape index (κ1) is 7.40. The van der Waals surface area contributed by atoms with Crippen molar-refractivity contribution >= 4 is 5.82 Å². The highest BCUT2D eigenvalue weighted by atomic mass is 16.5. The van der Waals surface area contributed by atoms with Crippen LogP contribution in [0.2, 0.25) is 0 Å². The van der Waals surface area contributed by atoms with Crippen LogP contribution in [0.25, 0.3) is 0 Å². The van der Waals surface area contributed by atoms with Crippen molar-refractivity contribution in [3.8, 4) is 5.75 Å². The molecule has 2 rings (SSSR count). The van der Waals surface area contributed by atoms with E-state index in [-0.39, 0.29) is 0 Å². The third-order valence-electron chi connectivity index (χ3n) is 2.09. The van der Waals surface area contributed by atoms with Gasteiger partial charge in [-0.15, -0.1) is 0 Å². The Morgan fingerprint density at radius 3 is 2.83 bits per heavy atom. The minimum Gasteiger partial charge on any atom is -0.495 e. The molecule has 0 amide bonds. The van der Waals surface area contributed by atoms with Gasteiger partial charge in [-0.3, -0.25) is 0 Å². The highest BCUT2D eigenvalue weighted by molar-refractivity contribution is 5.41. The zero-order chi connectivity index (χ0) is 8.55. The maximum atomic E-state index is 5.58. The van der Waals surface area contributed by atoms with E-state index in [4.69, 9.17) is 10.5 Å². The number of nitrogen functional groups attached to an aromatic ring is 1. The predicted octanol–water partition coefficient (Wildman–Crippen LogP) is 1.55. The zero-order valence-corrected chi connectivity index (χ0v) is 7.08. The Bertz CT molecular complexity index is 295. The number of hydrogen-bond acceptors (Lipinski definition) is 3. The van der Waals surface area contributed by atoms with E-state index < -0.39 is 0 Å². The quantitative estimate of drug-likeness (QED) is 0.721. The van der Waals surface area contributed by atoms with Gasteiger partial charge in [0.2, 0.25) is 0 Å². The van der Waals surface area contributed by atoms with Crippen molar-refractivity contribution in [3.63, 3.8) is 0 Å². The monoisotopic (exact) mass is 164 g/mol. The molecule has 0 bridgehead atoms. The van der Waals surface area contributed by atoms with Crippen LogP contribution >= 0.6 is 0 Å². The van der Waals surface area contributed by atoms with Crippen molar-refractivity contribution in [1.82, 2.24) is 4.98 Å². The third kappa shape index (κ3) is 1.22. The van der Waals surface area contributed by atoms with Crippen LogP contribution in [-0.2, 0) is 0 Å². The molecule has 3 nitrogen and oxygen atoms in total. The third-order valence-corrected chi connectivity index (χ3v) is 2.09. The van der Waals surface area contributed by atoms with Gasteiger partial charge >= 0.3 is 0 Å². The Labute approximate surface area is 71.6 Å². The van der Waals surface area contributed by atoms with Gasteiger partial charge in [0.1, 0.15) is 11.6 Å². The summed E-state index contributed by atoms with van der Waals surface area (Å²) in [5.41, 5.74) is 6.61. The van der Waals surface area contributed by atoms with Gasteiger partial charge in [0.15, 0.2) is 0 Å². The molecule has 0 atom stereocenters. The van der Waals surface area contributed by atoms with Crippen molar-refractivity contribution in [2.75, 3.05) is 12.8 Å². The van der Waals surface area contributed by atoms with Crippen LogP contribution in [0.15, 0.2) is 12.1 Å². The fourth-order valence-corrected chi connectivity index (χ4v) is 1.30. The topological polar surface area (TPSA) is 48.1 Å². The molecule has 0 radical (unpaired) electrons. The summed E-state index contributed by atoms with van der Waals surface area (Å²) >= 11 is 0. The molecule has 1 aromatic rings. The summed E-state index contributed by atoms with van der Waals surface area (Å²) in [6.07, 6.45) is 2.43. The van der Waals surface area contributed by atoms with E-state index in [1.54, 1.807) is 13.2 Å². The number of aromatic nitrogens is 1. The molecule has 1 aliphatic carbocycles. The first-order chi connectivity index (χ1) is 5.81. The van der Waals surface area contributed by atoms with Crippen LogP contribution in [0.5, 0.6) is 5.75 Å². The lowest BCUT2D eigenvalue weighted by molar-refractivity contribution is 0.407. The number of rotatable bonds is 2. The molecule has 3 heteroatoms. The fourth-order valence-electron chi connectivity index (χ4n) is 1.30. The van der Waals surface area contributed by atoms with E-state index in [2.05, 4.69) is 4.98 Å². The Hall–Kier alpha value is -1.25. The Morgan fingerprint density at radius 1 is 1.50 bits per heavy atom. The summed E-state index contributed by atoms with van der Waals surface area (Å²) in [4.78, 5) is 4.26. The van der Waals surface area contributed by atoms with E-state index in [1.807, 2.05) is 6.07 Å². The molecule has 64 valence electrons. The molecular formula is C9H12N2O. The standard InChI is InChI=1S/C9H12N2O/c1-12-7-4-5-8(10)11-9(7)6-2-3-6/h4-6H,2-3H2,1H3,(H2,10,11). The lowest BCUT2D eigenvalue weighted by Crippen LogP contribution is -1.97. The van der Waals surface area contributed by atoms with Crippen LogP contribution in [-0.4, -0.2) is 12.1 Å². The number of ether oxygens (including phenoxy) is 1. The van der Waals surface area contributed by atoms with Crippen molar-refractivity contribution in [2.45, 2.75) is 18.8 Å². The first-order valence-electron chi connectivity index (χ1n) is 4.11. The van der Waals surface area contributed by atoms with E-state index in [0.29, 0.717) is 11.7 Å². The molecule has 0 spiro atoms. The van der Waals surface area contributed by atoms with Crippen molar-refractivity contribution in [1.29, 1.82) is 0 Å². The summed E-state index contributed by atoms with van der Waals surface area (Å²) in [6, 6.07) is 3.65. The Morgan fingerprint density at radius 2 is 2.25 bits per heavy atom. The van der Waals surface area contributed by atoms with Gasteiger partial charge in [-0.2, -0.15) is 0 Å². The second kappa shape index (κ2) is 2.66. The molecule has 2 N–H and O–H groups in total. The van der Waals surface area contributed by atoms with Gasteiger partial charge in [0, 0.05) is 5.92 Å². The second-order valence-electron chi connectivity index (χ2n) is 3.10. The van der Waals surface area contributed by atoms with Crippen LogP contribution in [0.4, 0.5) is 5.82 Å². The predicted molar refractivity (Wildman–Crippen MR) is 47.2 cm³/mol. The van der Waals surface area contributed by atoms with Crippen molar-refractivity contribution < 1.29 is 4.74 Å². The number of anilines is 1. The van der Waals surface area contributed by atoms with Gasteiger partial charge in [-0.25, -0.2) is 4.98 Å². The average molecular weight is 164 g/mol. The van der Waals surface area contributed by atoms with Crippen LogP contribution in [0.1, 0.15) is 24.5 Å². The minimum absolute atomic E-state index is 0.581. The molecule has 1 heterocycles. The summed E-state index contributed by atoms with van der Waals surface area (Å²) in [5, 5.41) is 0. The molecule has 0 aliphatic heterocycles. The van der Waals surface area contributed by atoms with E-state index in [9.17, 15) is 0 Å². The van der Waals surface area contributed by atoms with E-state index in [1.165, 1.54) is 12.8 Å². The lowest BCUT2D eigenvalue weighted by Gasteiger charge is -2.06. The summed E-state index contributed by atoms with van der Waals surface area (Å²) in [5.74, 6) is 2.04. The zero-order valence-electron chi connectivity index (χ0n) is 7.08. The maximum absolute atomic E-state index is 5.58. The van der Waals surface area contributed by atoms with Crippen LogP contribution < -0.4 is 10.5 Å². The number of pyridine rings is 1. The van der Waals surface area contributed by atoms with E-state index >= 15 is 0 Å². The number of nitrogens with zero attached hydrogens (tertiary/aromatic N) is 1. The minimum atomic E-state index is 0.581. The van der Waals surface area contributed by atoms with Gasteiger partial charge in [0.25, 0.3) is 0 Å². The molecule has 1 fully saturated rings. The molecular weight excluding hydrogens is 152 g/mol. The average Bonchev–Trinajstić information content (AvgIpc) is 2.87. The Kier molecular flexibility index (Phi) is 1.64. The SMILES string of the molecule is COc1ccc(N)nc1C1CC1. The van der Waals surface area contributed by atoms with Crippen LogP contribution in [0, 0.1) is 0 Å². The molecule has 12 heavy (non-hydrogen) atoms. The highest BCUT2D eigenvalue weighted by Gasteiger charge is 2.28. The molecule has 1 aliphatic rings. The first-order valence-corrected chi connectivity index (χ1v) is 4.11. The molecule has 0 saturated heterocycles.